The number of rotatable bonds is 5. The van der Waals surface area contributed by atoms with Gasteiger partial charge in [-0.3, -0.25) is 0 Å². The Kier molecular flexibility index (Phi) is 4.12. The van der Waals surface area contributed by atoms with E-state index in [1.807, 2.05) is 24.3 Å². The predicted octanol–water partition coefficient (Wildman–Crippen LogP) is 3.18. The van der Waals surface area contributed by atoms with Gasteiger partial charge in [0, 0.05) is 4.88 Å². The minimum absolute atomic E-state index is 0.367. The summed E-state index contributed by atoms with van der Waals surface area (Å²) >= 11 is 1.69. The fourth-order valence-corrected chi connectivity index (χ4v) is 2.91. The van der Waals surface area contributed by atoms with Crippen LogP contribution >= 0.6 is 11.3 Å². The van der Waals surface area contributed by atoms with Gasteiger partial charge in [0.1, 0.15) is 0 Å². The number of ether oxygens (including phenoxy) is 2. The van der Waals surface area contributed by atoms with E-state index in [0.717, 1.165) is 23.5 Å². The molecule has 1 aromatic heterocycles. The van der Waals surface area contributed by atoms with E-state index in [0.29, 0.717) is 0 Å². The molecule has 0 amide bonds. The van der Waals surface area contributed by atoms with E-state index in [-0.39, 0.29) is 5.54 Å². The quantitative estimate of drug-likeness (QED) is 0.913. The van der Waals surface area contributed by atoms with E-state index in [1.165, 1.54) is 4.88 Å². The van der Waals surface area contributed by atoms with E-state index in [9.17, 15) is 0 Å². The summed E-state index contributed by atoms with van der Waals surface area (Å²) in [5.41, 5.74) is 7.18. The normalized spacial score (nSPS) is 13.9. The third kappa shape index (κ3) is 3.08. The van der Waals surface area contributed by atoms with Crippen molar-refractivity contribution in [2.75, 3.05) is 14.2 Å². The van der Waals surface area contributed by atoms with E-state index in [1.54, 1.807) is 25.6 Å². The van der Waals surface area contributed by atoms with E-state index in [4.69, 9.17) is 15.2 Å². The van der Waals surface area contributed by atoms with E-state index < -0.39 is 0 Å². The zero-order chi connectivity index (χ0) is 13.9. The Balaban J connectivity index is 2.24. The molecule has 0 aliphatic carbocycles. The van der Waals surface area contributed by atoms with Crippen LogP contribution in [0.15, 0.2) is 35.7 Å². The second-order valence-electron chi connectivity index (χ2n) is 4.76. The van der Waals surface area contributed by atoms with Crippen LogP contribution in [0.5, 0.6) is 11.5 Å². The monoisotopic (exact) mass is 277 g/mol. The maximum Gasteiger partial charge on any atom is 0.160 e. The average molecular weight is 277 g/mol. The van der Waals surface area contributed by atoms with Gasteiger partial charge in [0.05, 0.1) is 19.8 Å². The minimum atomic E-state index is -0.367. The van der Waals surface area contributed by atoms with Crippen LogP contribution in [0.4, 0.5) is 0 Å². The lowest BCUT2D eigenvalue weighted by Gasteiger charge is -2.23. The summed E-state index contributed by atoms with van der Waals surface area (Å²) in [7, 11) is 3.28. The maximum atomic E-state index is 6.41. The summed E-state index contributed by atoms with van der Waals surface area (Å²) in [4.78, 5) is 1.18. The molecule has 2 aromatic rings. The van der Waals surface area contributed by atoms with Crippen LogP contribution in [0, 0.1) is 0 Å². The zero-order valence-corrected chi connectivity index (χ0v) is 12.3. The number of benzene rings is 1. The van der Waals surface area contributed by atoms with Crippen molar-refractivity contribution < 1.29 is 9.47 Å². The van der Waals surface area contributed by atoms with Crippen molar-refractivity contribution in [2.24, 2.45) is 5.73 Å². The molecule has 4 heteroatoms. The molecule has 1 aromatic carbocycles. The smallest absolute Gasteiger partial charge is 0.160 e. The van der Waals surface area contributed by atoms with Gasteiger partial charge >= 0.3 is 0 Å². The molecule has 0 saturated heterocycles. The van der Waals surface area contributed by atoms with Crippen molar-refractivity contribution in [3.8, 4) is 11.5 Å². The summed E-state index contributed by atoms with van der Waals surface area (Å²) < 4.78 is 10.6. The van der Waals surface area contributed by atoms with Gasteiger partial charge in [-0.15, -0.1) is 11.3 Å². The third-order valence-electron chi connectivity index (χ3n) is 3.10. The number of thiophene rings is 1. The van der Waals surface area contributed by atoms with Crippen LogP contribution in [0.1, 0.15) is 17.4 Å². The molecule has 0 bridgehead atoms. The van der Waals surface area contributed by atoms with Gasteiger partial charge in [-0.1, -0.05) is 12.1 Å². The van der Waals surface area contributed by atoms with Crippen LogP contribution in [-0.4, -0.2) is 14.2 Å². The van der Waals surface area contributed by atoms with Crippen molar-refractivity contribution >= 4 is 11.3 Å². The SMILES string of the molecule is COc1ccc(CC(C)(N)c2cccs2)cc1OC. The van der Waals surface area contributed by atoms with Crippen molar-refractivity contribution in [2.45, 2.75) is 18.9 Å². The Bertz CT molecular complexity index is 535. The Morgan fingerprint density at radius 1 is 1.16 bits per heavy atom. The van der Waals surface area contributed by atoms with Crippen molar-refractivity contribution in [1.29, 1.82) is 0 Å². The first-order chi connectivity index (χ1) is 9.06. The molecule has 0 aliphatic heterocycles. The molecule has 1 atom stereocenters. The molecule has 1 heterocycles. The summed E-state index contributed by atoms with van der Waals surface area (Å²) in [6, 6.07) is 10.0. The lowest BCUT2D eigenvalue weighted by Crippen LogP contribution is -2.34. The number of hydrogen-bond donors (Lipinski definition) is 1. The topological polar surface area (TPSA) is 44.5 Å². The van der Waals surface area contributed by atoms with Gasteiger partial charge in [0.2, 0.25) is 0 Å². The second-order valence-corrected chi connectivity index (χ2v) is 5.71. The maximum absolute atomic E-state index is 6.41. The van der Waals surface area contributed by atoms with Gasteiger partial charge in [-0.25, -0.2) is 0 Å². The van der Waals surface area contributed by atoms with Crippen LogP contribution in [0.25, 0.3) is 0 Å². The Morgan fingerprint density at radius 2 is 1.89 bits per heavy atom. The summed E-state index contributed by atoms with van der Waals surface area (Å²) in [6.07, 6.45) is 0.758. The fraction of sp³-hybridized carbons (Fsp3) is 0.333. The van der Waals surface area contributed by atoms with Crippen molar-refractivity contribution in [3.63, 3.8) is 0 Å². The first kappa shape index (κ1) is 13.9. The summed E-state index contributed by atoms with van der Waals surface area (Å²) in [5.74, 6) is 1.48. The molecule has 0 aliphatic rings. The fourth-order valence-electron chi connectivity index (χ4n) is 2.11. The second kappa shape index (κ2) is 5.63. The molecule has 19 heavy (non-hydrogen) atoms. The van der Waals surface area contributed by atoms with Crippen molar-refractivity contribution in [3.05, 3.63) is 46.2 Å². The van der Waals surface area contributed by atoms with E-state index >= 15 is 0 Å². The number of nitrogens with two attached hydrogens (primary N) is 1. The highest BCUT2D eigenvalue weighted by atomic mass is 32.1. The molecule has 0 saturated carbocycles. The summed E-state index contributed by atoms with van der Waals surface area (Å²) in [5, 5.41) is 2.05. The lowest BCUT2D eigenvalue weighted by atomic mass is 9.92. The third-order valence-corrected chi connectivity index (χ3v) is 4.25. The molecule has 1 unspecified atom stereocenters. The molecule has 0 fully saturated rings. The minimum Gasteiger partial charge on any atom is -0.493 e. The van der Waals surface area contributed by atoms with Gasteiger partial charge in [0.25, 0.3) is 0 Å². The Hall–Kier alpha value is -1.52. The van der Waals surface area contributed by atoms with Crippen LogP contribution in [0.2, 0.25) is 0 Å². The molecule has 0 spiro atoms. The van der Waals surface area contributed by atoms with Gasteiger partial charge in [-0.2, -0.15) is 0 Å². The highest BCUT2D eigenvalue weighted by Crippen LogP contribution is 2.31. The molecule has 102 valence electrons. The highest BCUT2D eigenvalue weighted by Gasteiger charge is 2.23. The van der Waals surface area contributed by atoms with Crippen LogP contribution < -0.4 is 15.2 Å². The van der Waals surface area contributed by atoms with Crippen LogP contribution in [-0.2, 0) is 12.0 Å². The standard InChI is InChI=1S/C15H19NO2S/c1-15(16,14-5-4-8-19-14)10-11-6-7-12(17-2)13(9-11)18-3/h4-9H,10,16H2,1-3H3. The number of methoxy groups -OCH3 is 2. The largest absolute Gasteiger partial charge is 0.493 e. The molecular weight excluding hydrogens is 258 g/mol. The van der Waals surface area contributed by atoms with Gasteiger partial charge in [-0.05, 0) is 42.5 Å². The zero-order valence-electron chi connectivity index (χ0n) is 11.5. The molecule has 2 N–H and O–H groups in total. The highest BCUT2D eigenvalue weighted by molar-refractivity contribution is 7.10. The lowest BCUT2D eigenvalue weighted by molar-refractivity contribution is 0.354. The van der Waals surface area contributed by atoms with E-state index in [2.05, 4.69) is 18.4 Å². The molecule has 3 nitrogen and oxygen atoms in total. The first-order valence-corrected chi connectivity index (χ1v) is 6.98. The van der Waals surface area contributed by atoms with Crippen molar-refractivity contribution in [1.82, 2.24) is 0 Å². The van der Waals surface area contributed by atoms with Crippen LogP contribution in [0.3, 0.4) is 0 Å². The predicted molar refractivity (Wildman–Crippen MR) is 79.1 cm³/mol. The molecule has 2 rings (SSSR count). The Morgan fingerprint density at radius 3 is 2.47 bits per heavy atom. The first-order valence-electron chi connectivity index (χ1n) is 6.10. The molecule has 0 radical (unpaired) electrons. The van der Waals surface area contributed by atoms with Gasteiger partial charge in [0.15, 0.2) is 11.5 Å². The number of hydrogen-bond acceptors (Lipinski definition) is 4. The molecular formula is C15H19NO2S. The Labute approximate surface area is 118 Å². The average Bonchev–Trinajstić information content (AvgIpc) is 2.93. The summed E-state index contributed by atoms with van der Waals surface area (Å²) in [6.45, 7) is 2.05. The van der Waals surface area contributed by atoms with Gasteiger partial charge < -0.3 is 15.2 Å².